The molecule has 0 radical (unpaired) electrons. The highest BCUT2D eigenvalue weighted by molar-refractivity contribution is 7.07. The topological polar surface area (TPSA) is 89.6 Å². The summed E-state index contributed by atoms with van der Waals surface area (Å²) in [5, 5.41) is 17.1. The molecule has 30 heavy (non-hydrogen) atoms. The lowest BCUT2D eigenvalue weighted by Gasteiger charge is -2.34. The number of hydrogen-bond donors (Lipinski definition) is 1. The number of aromatic nitrogens is 6. The number of hydrogen-bond acceptors (Lipinski definition) is 7. The fourth-order valence-corrected chi connectivity index (χ4v) is 3.25. The van der Waals surface area contributed by atoms with E-state index in [9.17, 15) is 18.3 Å². The quantitative estimate of drug-likeness (QED) is 0.518. The van der Waals surface area contributed by atoms with Gasteiger partial charge in [0.1, 0.15) is 36.2 Å². The second-order valence-electron chi connectivity index (χ2n) is 6.29. The Morgan fingerprint density at radius 2 is 1.97 bits per heavy atom. The summed E-state index contributed by atoms with van der Waals surface area (Å²) < 4.78 is 43.0. The van der Waals surface area contributed by atoms with Gasteiger partial charge in [-0.25, -0.2) is 32.8 Å². The van der Waals surface area contributed by atoms with E-state index in [0.29, 0.717) is 6.07 Å². The highest BCUT2D eigenvalue weighted by Crippen LogP contribution is 2.39. The maximum atomic E-state index is 14.4. The molecule has 0 fully saturated rings. The molecule has 0 aliphatic carbocycles. The standard InChI is InChI=1S/C16H14F3N5O.C3H3NS/c1-10(15-14(19)5-20-7-22-15)16(25,6-24-9-21-8-23-24)12-3-2-11(17)4-13(12)18;1-2-5-3-4-1/h2-5,7-10,25H,6H2,1H3;1-3H. The first-order valence-electron chi connectivity index (χ1n) is 8.69. The van der Waals surface area contributed by atoms with Crippen LogP contribution in [0.4, 0.5) is 13.2 Å². The maximum absolute atomic E-state index is 14.4. The van der Waals surface area contributed by atoms with E-state index in [2.05, 4.69) is 25.0 Å². The van der Waals surface area contributed by atoms with Crippen LogP contribution in [-0.2, 0) is 12.1 Å². The summed E-state index contributed by atoms with van der Waals surface area (Å²) >= 11 is 1.60. The van der Waals surface area contributed by atoms with Gasteiger partial charge in [0.25, 0.3) is 0 Å². The summed E-state index contributed by atoms with van der Waals surface area (Å²) in [6.45, 7) is 1.26. The van der Waals surface area contributed by atoms with Crippen LogP contribution in [-0.4, -0.2) is 34.8 Å². The Morgan fingerprint density at radius 1 is 1.13 bits per heavy atom. The molecule has 4 aromatic rings. The molecule has 2 atom stereocenters. The molecule has 0 spiro atoms. The summed E-state index contributed by atoms with van der Waals surface area (Å²) in [5.41, 5.74) is -0.461. The molecule has 3 aromatic heterocycles. The van der Waals surface area contributed by atoms with Gasteiger partial charge in [0.15, 0.2) is 5.82 Å². The summed E-state index contributed by atoms with van der Waals surface area (Å²) in [6.07, 6.45) is 6.43. The fourth-order valence-electron chi connectivity index (χ4n) is 2.90. The van der Waals surface area contributed by atoms with Crippen LogP contribution in [0.15, 0.2) is 60.5 Å². The van der Waals surface area contributed by atoms with Crippen molar-refractivity contribution >= 4 is 11.3 Å². The average Bonchev–Trinajstić information content (AvgIpc) is 3.44. The van der Waals surface area contributed by atoms with Gasteiger partial charge in [0.05, 0.1) is 23.9 Å². The first-order valence-corrected chi connectivity index (χ1v) is 9.64. The predicted molar refractivity (Wildman–Crippen MR) is 103 cm³/mol. The molecule has 0 aliphatic rings. The molecule has 0 amide bonds. The Morgan fingerprint density at radius 3 is 2.53 bits per heavy atom. The Hall–Kier alpha value is -3.18. The van der Waals surface area contributed by atoms with Crippen LogP contribution in [0.2, 0.25) is 0 Å². The van der Waals surface area contributed by atoms with Crippen molar-refractivity contribution in [2.45, 2.75) is 25.0 Å². The summed E-state index contributed by atoms with van der Waals surface area (Å²) in [4.78, 5) is 14.9. The second kappa shape index (κ2) is 9.55. The fraction of sp³-hybridized carbons (Fsp3) is 0.211. The summed E-state index contributed by atoms with van der Waals surface area (Å²) in [6, 6.07) is 2.80. The van der Waals surface area contributed by atoms with Gasteiger partial charge in [0.2, 0.25) is 0 Å². The molecule has 7 nitrogen and oxygen atoms in total. The Kier molecular flexibility index (Phi) is 6.85. The third-order valence-corrected chi connectivity index (χ3v) is 4.96. The van der Waals surface area contributed by atoms with Crippen molar-refractivity contribution in [3.63, 3.8) is 0 Å². The minimum Gasteiger partial charge on any atom is -0.382 e. The SMILES string of the molecule is CC(c1ncncc1F)C(O)(Cn1cncn1)c1ccc(F)cc1F.c1cscn1. The molecule has 1 N–H and O–H groups in total. The van der Waals surface area contributed by atoms with Gasteiger partial charge in [-0.1, -0.05) is 13.0 Å². The maximum Gasteiger partial charge on any atom is 0.163 e. The molecule has 156 valence electrons. The van der Waals surface area contributed by atoms with E-state index < -0.39 is 29.0 Å². The van der Waals surface area contributed by atoms with Crippen LogP contribution in [0.3, 0.4) is 0 Å². The minimum atomic E-state index is -1.96. The van der Waals surface area contributed by atoms with E-state index in [4.69, 9.17) is 0 Å². The zero-order chi connectivity index (χ0) is 21.6. The van der Waals surface area contributed by atoms with E-state index in [1.807, 2.05) is 5.38 Å². The molecule has 4 rings (SSSR count). The largest absolute Gasteiger partial charge is 0.382 e. The van der Waals surface area contributed by atoms with Crippen molar-refractivity contribution in [2.75, 3.05) is 0 Å². The van der Waals surface area contributed by atoms with E-state index in [1.54, 1.807) is 23.0 Å². The third kappa shape index (κ3) is 4.86. The zero-order valence-corrected chi connectivity index (χ0v) is 16.5. The second-order valence-corrected chi connectivity index (χ2v) is 7.05. The summed E-state index contributed by atoms with van der Waals surface area (Å²) in [5.74, 6) is -3.47. The van der Waals surface area contributed by atoms with Crippen molar-refractivity contribution in [2.24, 2.45) is 0 Å². The van der Waals surface area contributed by atoms with Crippen molar-refractivity contribution in [1.82, 2.24) is 29.7 Å². The third-order valence-electron chi connectivity index (χ3n) is 4.44. The Bertz CT molecular complexity index is 1050. The van der Waals surface area contributed by atoms with Crippen LogP contribution in [0, 0.1) is 17.5 Å². The molecule has 2 unspecified atom stereocenters. The molecule has 0 bridgehead atoms. The Balaban J connectivity index is 0.000000448. The average molecular weight is 434 g/mol. The normalized spacial score (nSPS) is 13.8. The van der Waals surface area contributed by atoms with E-state index in [-0.39, 0.29) is 17.8 Å². The van der Waals surface area contributed by atoms with Crippen molar-refractivity contribution in [1.29, 1.82) is 0 Å². The lowest BCUT2D eigenvalue weighted by atomic mass is 9.79. The molecule has 1 aromatic carbocycles. The van der Waals surface area contributed by atoms with Crippen molar-refractivity contribution in [3.05, 3.63) is 89.2 Å². The number of nitrogens with zero attached hydrogens (tertiary/aromatic N) is 6. The predicted octanol–water partition coefficient (Wildman–Crippen LogP) is 3.32. The van der Waals surface area contributed by atoms with Crippen LogP contribution < -0.4 is 0 Å². The molecule has 0 saturated carbocycles. The lowest BCUT2D eigenvalue weighted by molar-refractivity contribution is -0.0133. The zero-order valence-electron chi connectivity index (χ0n) is 15.7. The van der Waals surface area contributed by atoms with Gasteiger partial charge in [0, 0.05) is 29.1 Å². The molecule has 3 heterocycles. The van der Waals surface area contributed by atoms with Gasteiger partial charge in [-0.15, -0.1) is 11.3 Å². The first-order chi connectivity index (χ1) is 14.4. The van der Waals surface area contributed by atoms with Gasteiger partial charge < -0.3 is 5.11 Å². The van der Waals surface area contributed by atoms with Crippen LogP contribution in [0.1, 0.15) is 24.1 Å². The van der Waals surface area contributed by atoms with E-state index >= 15 is 0 Å². The van der Waals surface area contributed by atoms with E-state index in [1.165, 1.54) is 24.3 Å². The van der Waals surface area contributed by atoms with Gasteiger partial charge >= 0.3 is 0 Å². The van der Waals surface area contributed by atoms with E-state index in [0.717, 1.165) is 24.7 Å². The molecule has 0 aliphatic heterocycles. The number of thiazole rings is 1. The van der Waals surface area contributed by atoms with Crippen LogP contribution in [0.5, 0.6) is 0 Å². The highest BCUT2D eigenvalue weighted by Gasteiger charge is 2.41. The molecule has 11 heteroatoms. The number of halogens is 3. The summed E-state index contributed by atoms with van der Waals surface area (Å²) in [7, 11) is 0. The monoisotopic (exact) mass is 434 g/mol. The smallest absolute Gasteiger partial charge is 0.163 e. The lowest BCUT2D eigenvalue weighted by Crippen LogP contribution is -2.39. The first kappa shape index (κ1) is 21.5. The van der Waals surface area contributed by atoms with Crippen LogP contribution in [0.25, 0.3) is 0 Å². The number of rotatable bonds is 5. The number of benzene rings is 1. The number of aliphatic hydroxyl groups is 1. The molecular weight excluding hydrogens is 417 g/mol. The highest BCUT2D eigenvalue weighted by atomic mass is 32.1. The molecular formula is C19H17F3N6OS. The van der Waals surface area contributed by atoms with Crippen molar-refractivity contribution in [3.8, 4) is 0 Å². The molecule has 0 saturated heterocycles. The van der Waals surface area contributed by atoms with Gasteiger partial charge in [-0.3, -0.25) is 4.98 Å². The van der Waals surface area contributed by atoms with Gasteiger partial charge in [-0.2, -0.15) is 5.10 Å². The minimum absolute atomic E-state index is 0.0960. The Labute approximate surface area is 173 Å². The van der Waals surface area contributed by atoms with Crippen LogP contribution >= 0.6 is 11.3 Å². The van der Waals surface area contributed by atoms with Gasteiger partial charge in [-0.05, 0) is 6.07 Å². The van der Waals surface area contributed by atoms with Crippen molar-refractivity contribution < 1.29 is 18.3 Å².